The van der Waals surface area contributed by atoms with Gasteiger partial charge >= 0.3 is 0 Å². The number of ether oxygens (including phenoxy) is 1. The van der Waals surface area contributed by atoms with Crippen molar-refractivity contribution in [3.05, 3.63) is 129 Å². The Morgan fingerprint density at radius 3 is 2.66 bits per heavy atom. The van der Waals surface area contributed by atoms with Gasteiger partial charge in [-0.2, -0.15) is 5.10 Å². The van der Waals surface area contributed by atoms with Gasteiger partial charge in [0.2, 0.25) is 0 Å². The largest absolute Gasteiger partial charge is 0.356 e. The molecule has 1 amide bonds. The molecule has 0 bridgehead atoms. The molecule has 5 aromatic rings. The first kappa shape index (κ1) is 26.9. The summed E-state index contributed by atoms with van der Waals surface area (Å²) in [5.74, 6) is -0.269. The van der Waals surface area contributed by atoms with Crippen molar-refractivity contribution in [2.45, 2.75) is 45.0 Å². The predicted molar refractivity (Wildman–Crippen MR) is 158 cm³/mol. The number of hydrogen-bond acceptors (Lipinski definition) is 5. The first-order chi connectivity index (χ1) is 20.0. The Bertz CT molecular complexity index is 1740. The summed E-state index contributed by atoms with van der Waals surface area (Å²) in [4.78, 5) is 29.7. The lowest BCUT2D eigenvalue weighted by Crippen LogP contribution is -2.25. The molecule has 1 aliphatic heterocycles. The highest BCUT2D eigenvalue weighted by molar-refractivity contribution is 6.31. The number of rotatable bonds is 8. The second-order valence-corrected chi connectivity index (χ2v) is 10.7. The summed E-state index contributed by atoms with van der Waals surface area (Å²) in [6, 6.07) is 24.4. The zero-order chi connectivity index (χ0) is 28.2. The van der Waals surface area contributed by atoms with E-state index in [0.29, 0.717) is 30.3 Å². The molecule has 41 heavy (non-hydrogen) atoms. The fraction of sp³-hybridized carbons (Fsp3) is 0.250. The Hall–Kier alpha value is -4.27. The molecule has 0 aliphatic carbocycles. The van der Waals surface area contributed by atoms with Crippen LogP contribution in [-0.2, 0) is 24.2 Å². The zero-order valence-electron chi connectivity index (χ0n) is 22.5. The van der Waals surface area contributed by atoms with Crippen molar-refractivity contribution >= 4 is 28.4 Å². The first-order valence-corrected chi connectivity index (χ1v) is 14.2. The molecule has 1 unspecified atom stereocenters. The molecule has 1 aliphatic rings. The third kappa shape index (κ3) is 6.24. The summed E-state index contributed by atoms with van der Waals surface area (Å²) >= 11 is 6.30. The highest BCUT2D eigenvalue weighted by Gasteiger charge is 2.21. The number of carbonyl (C=O) groups is 1. The summed E-state index contributed by atoms with van der Waals surface area (Å²) in [5, 5.41) is 9.30. The maximum absolute atomic E-state index is 13.1. The van der Waals surface area contributed by atoms with Gasteiger partial charge in [0, 0.05) is 41.4 Å². The Kier molecular flexibility index (Phi) is 7.93. The Morgan fingerprint density at radius 1 is 1.00 bits per heavy atom. The molecule has 1 N–H and O–H groups in total. The SMILES string of the molecule is O=C(NCc1nn(C2CCCCO2)c2ccc(Cl)cc12)c1cccc(Cc2ccc(Cn3ccccc3=O)cc2)n1. The van der Waals surface area contributed by atoms with Crippen molar-refractivity contribution in [2.24, 2.45) is 0 Å². The number of nitrogens with one attached hydrogen (secondary N) is 1. The maximum atomic E-state index is 13.1. The number of amides is 1. The average molecular weight is 568 g/mol. The van der Waals surface area contributed by atoms with Crippen LogP contribution in [0.4, 0.5) is 0 Å². The number of aromatic nitrogens is 4. The van der Waals surface area contributed by atoms with E-state index in [1.54, 1.807) is 29.0 Å². The molecule has 8 nitrogen and oxygen atoms in total. The molecule has 1 fully saturated rings. The van der Waals surface area contributed by atoms with Gasteiger partial charge in [-0.3, -0.25) is 9.59 Å². The van der Waals surface area contributed by atoms with Crippen LogP contribution in [0.25, 0.3) is 10.9 Å². The van der Waals surface area contributed by atoms with Crippen LogP contribution >= 0.6 is 11.6 Å². The fourth-order valence-corrected chi connectivity index (χ4v) is 5.33. The van der Waals surface area contributed by atoms with E-state index in [1.165, 1.54) is 0 Å². The van der Waals surface area contributed by atoms with Crippen molar-refractivity contribution in [2.75, 3.05) is 6.61 Å². The van der Waals surface area contributed by atoms with E-state index in [4.69, 9.17) is 21.4 Å². The number of carbonyl (C=O) groups excluding carboxylic acids is 1. The van der Waals surface area contributed by atoms with E-state index in [-0.39, 0.29) is 24.2 Å². The van der Waals surface area contributed by atoms with Crippen LogP contribution in [-0.4, -0.2) is 31.8 Å². The van der Waals surface area contributed by atoms with Crippen LogP contribution < -0.4 is 10.9 Å². The smallest absolute Gasteiger partial charge is 0.270 e. The Morgan fingerprint density at radius 2 is 1.85 bits per heavy atom. The van der Waals surface area contributed by atoms with Gasteiger partial charge in [-0.05, 0) is 66.8 Å². The van der Waals surface area contributed by atoms with E-state index >= 15 is 0 Å². The number of halogens is 1. The summed E-state index contributed by atoms with van der Waals surface area (Å²) < 4.78 is 9.55. The summed E-state index contributed by atoms with van der Waals surface area (Å²) in [7, 11) is 0. The van der Waals surface area contributed by atoms with Gasteiger partial charge in [0.15, 0.2) is 6.23 Å². The minimum atomic E-state index is -0.269. The van der Waals surface area contributed by atoms with Gasteiger partial charge in [-0.1, -0.05) is 48.0 Å². The summed E-state index contributed by atoms with van der Waals surface area (Å²) in [6.07, 6.45) is 5.29. The van der Waals surface area contributed by atoms with Crippen molar-refractivity contribution in [3.63, 3.8) is 0 Å². The lowest BCUT2D eigenvalue weighted by Gasteiger charge is -2.23. The van der Waals surface area contributed by atoms with E-state index in [1.807, 2.05) is 65.3 Å². The van der Waals surface area contributed by atoms with Crippen molar-refractivity contribution in [1.29, 1.82) is 0 Å². The fourth-order valence-electron chi connectivity index (χ4n) is 5.16. The standard InChI is InChI=1S/C32H30ClN5O3/c33-24-14-15-29-26(19-24)28(36-38(29)31-9-2-4-17-41-31)20-34-32(40)27-7-5-6-25(35-27)18-22-10-12-23(13-11-22)21-37-16-3-1-8-30(37)39/h1,3,5-8,10-16,19,31H,2,4,9,17-18,20-21H2,(H,34,40). The topological polar surface area (TPSA) is 91.0 Å². The molecule has 1 saturated heterocycles. The second kappa shape index (κ2) is 12.1. The number of fused-ring (bicyclic) bond motifs is 1. The third-order valence-electron chi connectivity index (χ3n) is 7.29. The van der Waals surface area contributed by atoms with E-state index in [9.17, 15) is 9.59 Å². The molecule has 0 spiro atoms. The van der Waals surface area contributed by atoms with Crippen molar-refractivity contribution in [3.8, 4) is 0 Å². The molecule has 4 heterocycles. The van der Waals surface area contributed by atoms with E-state index in [0.717, 1.165) is 52.7 Å². The lowest BCUT2D eigenvalue weighted by molar-refractivity contribution is -0.0369. The van der Waals surface area contributed by atoms with Gasteiger partial charge in [0.1, 0.15) is 5.69 Å². The van der Waals surface area contributed by atoms with Crippen LogP contribution in [0.15, 0.2) is 89.9 Å². The van der Waals surface area contributed by atoms with Gasteiger partial charge in [-0.25, -0.2) is 9.67 Å². The Balaban J connectivity index is 1.13. The minimum Gasteiger partial charge on any atom is -0.356 e. The molecule has 0 radical (unpaired) electrons. The number of hydrogen-bond donors (Lipinski definition) is 1. The molecule has 3 aromatic heterocycles. The molecule has 0 saturated carbocycles. The van der Waals surface area contributed by atoms with Gasteiger partial charge in [-0.15, -0.1) is 0 Å². The lowest BCUT2D eigenvalue weighted by atomic mass is 10.1. The molecule has 6 rings (SSSR count). The molecule has 208 valence electrons. The minimum absolute atomic E-state index is 0.0283. The number of benzene rings is 2. The van der Waals surface area contributed by atoms with Gasteiger partial charge in [0.25, 0.3) is 11.5 Å². The molecular formula is C32H30ClN5O3. The monoisotopic (exact) mass is 567 g/mol. The molecular weight excluding hydrogens is 538 g/mol. The van der Waals surface area contributed by atoms with Crippen LogP contribution in [0.5, 0.6) is 0 Å². The second-order valence-electron chi connectivity index (χ2n) is 10.2. The third-order valence-corrected chi connectivity index (χ3v) is 7.52. The highest BCUT2D eigenvalue weighted by Crippen LogP contribution is 2.29. The summed E-state index contributed by atoms with van der Waals surface area (Å²) in [5.41, 5.74) is 4.89. The quantitative estimate of drug-likeness (QED) is 0.267. The number of pyridine rings is 2. The Labute approximate surface area is 242 Å². The first-order valence-electron chi connectivity index (χ1n) is 13.8. The van der Waals surface area contributed by atoms with Gasteiger partial charge < -0.3 is 14.6 Å². The van der Waals surface area contributed by atoms with E-state index in [2.05, 4.69) is 10.3 Å². The molecule has 1 atom stereocenters. The van der Waals surface area contributed by atoms with Crippen LogP contribution in [0.2, 0.25) is 5.02 Å². The maximum Gasteiger partial charge on any atom is 0.270 e. The van der Waals surface area contributed by atoms with E-state index < -0.39 is 0 Å². The van der Waals surface area contributed by atoms with Crippen LogP contribution in [0, 0.1) is 0 Å². The van der Waals surface area contributed by atoms with Crippen molar-refractivity contribution < 1.29 is 9.53 Å². The molecule has 9 heteroatoms. The molecule has 2 aromatic carbocycles. The number of nitrogens with zero attached hydrogens (tertiary/aromatic N) is 4. The highest BCUT2D eigenvalue weighted by atomic mass is 35.5. The van der Waals surface area contributed by atoms with Gasteiger partial charge in [0.05, 0.1) is 24.3 Å². The summed E-state index contributed by atoms with van der Waals surface area (Å²) in [6.45, 7) is 1.47. The average Bonchev–Trinajstić information content (AvgIpc) is 3.36. The zero-order valence-corrected chi connectivity index (χ0v) is 23.3. The normalized spacial score (nSPS) is 15.2. The van der Waals surface area contributed by atoms with Crippen LogP contribution in [0.3, 0.4) is 0 Å². The predicted octanol–water partition coefficient (Wildman–Crippen LogP) is 5.51. The van der Waals surface area contributed by atoms with Crippen molar-refractivity contribution in [1.82, 2.24) is 24.6 Å². The van der Waals surface area contributed by atoms with Crippen LogP contribution in [0.1, 0.15) is 58.5 Å².